The van der Waals surface area contributed by atoms with Crippen molar-refractivity contribution < 1.29 is 4.42 Å². The molecule has 0 fully saturated rings. The lowest BCUT2D eigenvalue weighted by Gasteiger charge is -2.09. The predicted octanol–water partition coefficient (Wildman–Crippen LogP) is 8.06. The zero-order chi connectivity index (χ0) is 21.5. The highest BCUT2D eigenvalue weighted by Gasteiger charge is 2.24. The molecule has 8 rings (SSSR count). The Kier molecular flexibility index (Phi) is 3.14. The number of rotatable bonds is 2. The highest BCUT2D eigenvalue weighted by atomic mass is 16.3. The highest BCUT2D eigenvalue weighted by molar-refractivity contribution is 6.34. The van der Waals surface area contributed by atoms with Gasteiger partial charge in [0.15, 0.2) is 0 Å². The molecule has 0 atom stereocenters. The molecule has 0 aliphatic carbocycles. The van der Waals surface area contributed by atoms with Crippen LogP contribution in [0.2, 0.25) is 0 Å². The van der Waals surface area contributed by atoms with Gasteiger partial charge in [0.1, 0.15) is 11.2 Å². The molecule has 0 bridgehead atoms. The number of hydrogen-bond acceptors (Lipinski definition) is 1. The van der Waals surface area contributed by atoms with E-state index in [1.54, 1.807) is 0 Å². The average Bonchev–Trinajstić information content (AvgIpc) is 3.33. The summed E-state index contributed by atoms with van der Waals surface area (Å²) in [6.07, 6.45) is 0. The Labute approximate surface area is 189 Å². The van der Waals surface area contributed by atoms with Crippen LogP contribution >= 0.6 is 0 Å². The van der Waals surface area contributed by atoms with Crippen molar-refractivity contribution in [2.75, 3.05) is 0 Å². The van der Waals surface area contributed by atoms with E-state index >= 15 is 0 Å². The standard InChI is InChI=1S/C30H18N2O/c1-3-9-19(10-4-1)31-21-13-7-15-25-27(21)29-23(31)17-18-24-30(29)28-22(14-8-16-26(28)33-25)32(24)20-11-5-2-6-12-20/h1-18H. The van der Waals surface area contributed by atoms with E-state index in [1.807, 2.05) is 0 Å². The fourth-order valence-electron chi connectivity index (χ4n) is 5.63. The minimum absolute atomic E-state index is 0.912. The van der Waals surface area contributed by atoms with Gasteiger partial charge in [0.05, 0.1) is 32.8 Å². The maximum absolute atomic E-state index is 6.63. The van der Waals surface area contributed by atoms with Gasteiger partial charge in [-0.1, -0.05) is 48.5 Å². The first-order valence-corrected chi connectivity index (χ1v) is 11.2. The van der Waals surface area contributed by atoms with Crippen LogP contribution < -0.4 is 0 Å². The molecule has 33 heavy (non-hydrogen) atoms. The summed E-state index contributed by atoms with van der Waals surface area (Å²) in [6, 6.07) is 38.5. The van der Waals surface area contributed by atoms with E-state index in [0.29, 0.717) is 0 Å². The monoisotopic (exact) mass is 422 g/mol. The van der Waals surface area contributed by atoms with Gasteiger partial charge < -0.3 is 13.6 Å². The Morgan fingerprint density at radius 2 is 0.788 bits per heavy atom. The molecule has 3 aromatic heterocycles. The minimum Gasteiger partial charge on any atom is -0.456 e. The van der Waals surface area contributed by atoms with Crippen LogP contribution in [0.4, 0.5) is 0 Å². The molecule has 3 heteroatoms. The quantitative estimate of drug-likeness (QED) is 0.276. The van der Waals surface area contributed by atoms with Crippen molar-refractivity contribution in [3.05, 3.63) is 109 Å². The van der Waals surface area contributed by atoms with Gasteiger partial charge >= 0.3 is 0 Å². The molecular formula is C30H18N2O. The molecule has 0 amide bonds. The summed E-state index contributed by atoms with van der Waals surface area (Å²) < 4.78 is 11.3. The molecule has 3 nitrogen and oxygen atoms in total. The second-order valence-electron chi connectivity index (χ2n) is 8.60. The molecule has 0 spiro atoms. The van der Waals surface area contributed by atoms with Crippen LogP contribution in [0.3, 0.4) is 0 Å². The Hall–Kier alpha value is -4.50. The third-order valence-electron chi connectivity index (χ3n) is 6.88. The number of nitrogens with zero attached hydrogens (tertiary/aromatic N) is 2. The van der Waals surface area contributed by atoms with E-state index in [9.17, 15) is 0 Å². The smallest absolute Gasteiger partial charge is 0.137 e. The van der Waals surface area contributed by atoms with Crippen molar-refractivity contribution in [1.82, 2.24) is 9.13 Å². The number of hydrogen-bond donors (Lipinski definition) is 0. The average molecular weight is 422 g/mol. The van der Waals surface area contributed by atoms with Gasteiger partial charge in [0.2, 0.25) is 0 Å². The van der Waals surface area contributed by atoms with Crippen molar-refractivity contribution in [3.63, 3.8) is 0 Å². The van der Waals surface area contributed by atoms with Gasteiger partial charge in [-0.05, 0) is 60.7 Å². The zero-order valence-corrected chi connectivity index (χ0v) is 17.7. The fraction of sp³-hybridized carbons (Fsp3) is 0. The summed E-state index contributed by atoms with van der Waals surface area (Å²) in [5.41, 5.74) is 8.85. The van der Waals surface area contributed by atoms with Gasteiger partial charge in [-0.3, -0.25) is 0 Å². The first-order chi connectivity index (χ1) is 16.4. The number of para-hydroxylation sites is 2. The van der Waals surface area contributed by atoms with Gasteiger partial charge in [-0.15, -0.1) is 0 Å². The Morgan fingerprint density at radius 3 is 1.24 bits per heavy atom. The van der Waals surface area contributed by atoms with Gasteiger partial charge in [-0.2, -0.15) is 0 Å². The second kappa shape index (κ2) is 6.05. The molecule has 154 valence electrons. The highest BCUT2D eigenvalue weighted by Crippen LogP contribution is 2.46. The van der Waals surface area contributed by atoms with Crippen LogP contribution in [0.5, 0.6) is 0 Å². The topological polar surface area (TPSA) is 23.0 Å². The molecule has 5 aromatic carbocycles. The number of aromatic nitrogens is 2. The molecule has 0 radical (unpaired) electrons. The molecule has 0 saturated carbocycles. The molecule has 0 saturated heterocycles. The van der Waals surface area contributed by atoms with E-state index in [1.165, 1.54) is 32.6 Å². The van der Waals surface area contributed by atoms with E-state index in [4.69, 9.17) is 4.42 Å². The fourth-order valence-corrected chi connectivity index (χ4v) is 5.63. The van der Waals surface area contributed by atoms with Crippen molar-refractivity contribution in [3.8, 4) is 11.4 Å². The molecule has 0 unspecified atom stereocenters. The van der Waals surface area contributed by atoms with Crippen molar-refractivity contribution in [2.45, 2.75) is 0 Å². The molecule has 8 aromatic rings. The lowest BCUT2D eigenvalue weighted by atomic mass is 10.1. The molecular weight excluding hydrogens is 404 g/mol. The predicted molar refractivity (Wildman–Crippen MR) is 136 cm³/mol. The minimum atomic E-state index is 0.912. The summed E-state index contributed by atoms with van der Waals surface area (Å²) in [5, 5.41) is 4.86. The maximum Gasteiger partial charge on any atom is 0.137 e. The first-order valence-electron chi connectivity index (χ1n) is 11.2. The SMILES string of the molecule is c1ccc(-n2c3cccc4oc5cccc6c5c5c(c43)c2ccc5n6-c2ccccc2)cc1. The lowest BCUT2D eigenvalue weighted by Crippen LogP contribution is -1.94. The first kappa shape index (κ1) is 17.1. The Morgan fingerprint density at radius 1 is 0.364 bits per heavy atom. The molecule has 0 N–H and O–H groups in total. The Balaban J connectivity index is 1.71. The second-order valence-corrected chi connectivity index (χ2v) is 8.60. The largest absolute Gasteiger partial charge is 0.456 e. The zero-order valence-electron chi connectivity index (χ0n) is 17.7. The van der Waals surface area contributed by atoms with E-state index < -0.39 is 0 Å². The summed E-state index contributed by atoms with van der Waals surface area (Å²) >= 11 is 0. The van der Waals surface area contributed by atoms with Crippen LogP contribution in [0.25, 0.3) is 66.2 Å². The molecule has 0 aliphatic rings. The maximum atomic E-state index is 6.63. The number of benzene rings is 5. The Bertz CT molecular complexity index is 1810. The normalized spacial score (nSPS) is 12.2. The van der Waals surface area contributed by atoms with Crippen molar-refractivity contribution >= 4 is 54.8 Å². The van der Waals surface area contributed by atoms with Crippen LogP contribution in [-0.4, -0.2) is 9.13 Å². The van der Waals surface area contributed by atoms with Gasteiger partial charge in [0, 0.05) is 22.1 Å². The van der Waals surface area contributed by atoms with Crippen LogP contribution in [0.1, 0.15) is 0 Å². The van der Waals surface area contributed by atoms with Crippen molar-refractivity contribution in [2.24, 2.45) is 0 Å². The van der Waals surface area contributed by atoms with E-state index in [0.717, 1.165) is 33.6 Å². The van der Waals surface area contributed by atoms with Crippen LogP contribution in [-0.2, 0) is 0 Å². The van der Waals surface area contributed by atoms with Crippen LogP contribution in [0, 0.1) is 0 Å². The van der Waals surface area contributed by atoms with E-state index in [2.05, 4.69) is 118 Å². The van der Waals surface area contributed by atoms with Gasteiger partial charge in [0.25, 0.3) is 0 Å². The molecule has 3 heterocycles. The summed E-state index contributed by atoms with van der Waals surface area (Å²) in [5.74, 6) is 0. The third kappa shape index (κ3) is 2.09. The molecule has 0 aliphatic heterocycles. The third-order valence-corrected chi connectivity index (χ3v) is 6.88. The lowest BCUT2D eigenvalue weighted by molar-refractivity contribution is 0.664. The van der Waals surface area contributed by atoms with E-state index in [-0.39, 0.29) is 0 Å². The van der Waals surface area contributed by atoms with Gasteiger partial charge in [-0.25, -0.2) is 0 Å². The summed E-state index contributed by atoms with van der Waals surface area (Å²) in [7, 11) is 0. The summed E-state index contributed by atoms with van der Waals surface area (Å²) in [4.78, 5) is 0. The van der Waals surface area contributed by atoms with Crippen LogP contribution in [0.15, 0.2) is 114 Å². The summed E-state index contributed by atoms with van der Waals surface area (Å²) in [6.45, 7) is 0. The van der Waals surface area contributed by atoms with Crippen molar-refractivity contribution in [1.29, 1.82) is 0 Å².